The third-order valence-corrected chi connectivity index (χ3v) is 10.3. The Morgan fingerprint density at radius 2 is 0.821 bits per heavy atom. The van der Waals surface area contributed by atoms with Crippen molar-refractivity contribution in [1.29, 1.82) is 0 Å². The van der Waals surface area contributed by atoms with Gasteiger partial charge in [0, 0.05) is 93.7 Å². The van der Waals surface area contributed by atoms with Crippen LogP contribution < -0.4 is 18.4 Å². The van der Waals surface area contributed by atoms with E-state index < -0.39 is 0 Å². The largest absolute Gasteiger partial charge is 0.494 e. The van der Waals surface area contributed by atoms with Crippen LogP contribution >= 0.6 is 0 Å². The van der Waals surface area contributed by atoms with Gasteiger partial charge in [0.15, 0.2) is 37.2 Å². The average Bonchev–Trinajstić information content (AvgIpc) is 4.06. The van der Waals surface area contributed by atoms with Crippen LogP contribution in [0.1, 0.15) is 29.2 Å². The van der Waals surface area contributed by atoms with E-state index in [2.05, 4.69) is 144 Å². The number of benzene rings is 1. The first-order chi connectivity index (χ1) is 27.4. The summed E-state index contributed by atoms with van der Waals surface area (Å²) in [5.41, 5.74) is 15.3. The molecule has 0 atom stereocenters. The average molecular weight is 737 g/mol. The fourth-order valence-electron chi connectivity index (χ4n) is 7.40. The maximum Gasteiger partial charge on any atom is 0.169 e. The van der Waals surface area contributed by atoms with Crippen molar-refractivity contribution in [2.75, 3.05) is 13.2 Å². The van der Waals surface area contributed by atoms with E-state index in [1.165, 1.54) is 0 Å². The number of aliphatic hydroxyl groups excluding tert-OH is 1. The molecule has 0 unspecified atom stereocenters. The first kappa shape index (κ1) is 34.8. The normalized spacial score (nSPS) is 12.0. The molecule has 0 radical (unpaired) electrons. The fourth-order valence-corrected chi connectivity index (χ4v) is 7.40. The molecule has 9 rings (SSSR count). The Bertz CT molecular complexity index is 2670. The van der Waals surface area contributed by atoms with E-state index in [1.807, 2.05) is 47.0 Å². The molecule has 7 aromatic rings. The van der Waals surface area contributed by atoms with Crippen LogP contribution in [0.4, 0.5) is 0 Å². The highest BCUT2D eigenvalue weighted by Gasteiger charge is 2.20. The first-order valence-electron chi connectivity index (χ1n) is 18.8. The summed E-state index contributed by atoms with van der Waals surface area (Å²) >= 11 is 0. The zero-order chi connectivity index (χ0) is 38.2. The molecule has 56 heavy (non-hydrogen) atoms. The Morgan fingerprint density at radius 3 is 1.23 bits per heavy atom. The number of fused-ring (bicyclic) bond motifs is 8. The second-order valence-electron chi connectivity index (χ2n) is 14.2. The second kappa shape index (κ2) is 14.7. The summed E-state index contributed by atoms with van der Waals surface area (Å²) in [7, 11) is 6.07. The SMILES string of the molecule is C[n+]1ccc(-c2c3nc(c(-c4cc[n+](C)cc4)c4ccc([nH]4)c(-c4ccc(OCCCO)cc4)c4ccc([nH]4)c(-c4cc[n+](C)cc4)c4nc2C=C4)C=C3)cc1. The van der Waals surface area contributed by atoms with Crippen molar-refractivity contribution < 1.29 is 23.5 Å². The number of ether oxygens (including phenoxy) is 1. The Kier molecular flexibility index (Phi) is 9.12. The van der Waals surface area contributed by atoms with Crippen LogP contribution in [0.5, 0.6) is 5.75 Å². The number of rotatable bonds is 8. The fraction of sp³-hybridized carbons (Fsp3) is 0.128. The lowest BCUT2D eigenvalue weighted by Crippen LogP contribution is -2.25. The van der Waals surface area contributed by atoms with Crippen LogP contribution in [0.2, 0.25) is 0 Å². The van der Waals surface area contributed by atoms with E-state index >= 15 is 0 Å². The summed E-state index contributed by atoms with van der Waals surface area (Å²) in [6.45, 7) is 0.548. The van der Waals surface area contributed by atoms with Crippen LogP contribution in [0, 0.1) is 0 Å². The highest BCUT2D eigenvalue weighted by molar-refractivity contribution is 6.00. The van der Waals surface area contributed by atoms with Crippen LogP contribution in [-0.4, -0.2) is 38.3 Å². The van der Waals surface area contributed by atoms with Gasteiger partial charge in [-0.15, -0.1) is 0 Å². The van der Waals surface area contributed by atoms with Gasteiger partial charge in [0.05, 0.1) is 29.4 Å². The van der Waals surface area contributed by atoms with E-state index in [1.54, 1.807) is 0 Å². The number of aliphatic hydroxyl groups is 1. The summed E-state index contributed by atoms with van der Waals surface area (Å²) in [5, 5.41) is 9.26. The molecular weight excluding hydrogens is 695 g/mol. The van der Waals surface area contributed by atoms with Crippen LogP contribution in [0.25, 0.3) is 90.9 Å². The van der Waals surface area contributed by atoms with Crippen LogP contribution in [-0.2, 0) is 21.1 Å². The standard InChI is InChI=1S/C47H41N7O2/c1-52-23-17-32(18-24-52)45-38-11-9-36(48-38)44(31-5-7-35(8-6-31)56-30-4-29-55)37-10-12-39(49-37)46(33-19-25-53(2)26-20-33)41-14-16-43(51-41)47(42-15-13-40(45)50-42)34-21-27-54(3)28-22-34/h5-28,55H,4,29-30H2,1-3H3,(H,48,49,50,51)/q+2/p+1. The lowest BCUT2D eigenvalue weighted by atomic mass is 10.0. The van der Waals surface area contributed by atoms with Crippen molar-refractivity contribution in [2.45, 2.75) is 6.42 Å². The lowest BCUT2D eigenvalue weighted by molar-refractivity contribution is -0.671. The number of H-pyrrole nitrogens is 2. The first-order valence-corrected chi connectivity index (χ1v) is 18.8. The van der Waals surface area contributed by atoms with Crippen molar-refractivity contribution in [3.63, 3.8) is 0 Å². The smallest absolute Gasteiger partial charge is 0.169 e. The Hall–Kier alpha value is -6.97. The van der Waals surface area contributed by atoms with E-state index in [9.17, 15) is 5.11 Å². The van der Waals surface area contributed by atoms with Gasteiger partial charge in [0.25, 0.3) is 0 Å². The highest BCUT2D eigenvalue weighted by Crippen LogP contribution is 2.38. The Labute approximate surface area is 324 Å². The summed E-state index contributed by atoms with van der Waals surface area (Å²) in [4.78, 5) is 18.4. The number of aromatic nitrogens is 7. The number of nitrogens with one attached hydrogen (secondary N) is 2. The number of hydrogen-bond donors (Lipinski definition) is 3. The predicted molar refractivity (Wildman–Crippen MR) is 221 cm³/mol. The third kappa shape index (κ3) is 6.69. The number of pyridine rings is 3. The molecule has 9 heteroatoms. The van der Waals surface area contributed by atoms with Gasteiger partial charge in [-0.2, -0.15) is 0 Å². The minimum absolute atomic E-state index is 0.0930. The molecule has 8 bridgehead atoms. The zero-order valence-corrected chi connectivity index (χ0v) is 31.6. The minimum atomic E-state index is 0.0930. The van der Waals surface area contributed by atoms with Gasteiger partial charge in [-0.3, -0.25) is 0 Å². The van der Waals surface area contributed by atoms with Gasteiger partial charge in [-0.05, 0) is 83.0 Å². The number of aromatic amines is 2. The molecule has 0 spiro atoms. The maximum absolute atomic E-state index is 9.26. The molecule has 0 aliphatic carbocycles. The highest BCUT2D eigenvalue weighted by atomic mass is 16.5. The quantitative estimate of drug-likeness (QED) is 0.111. The number of aryl methyl sites for hydroxylation is 3. The van der Waals surface area contributed by atoms with Gasteiger partial charge in [-0.1, -0.05) is 12.1 Å². The monoisotopic (exact) mass is 736 g/mol. The third-order valence-electron chi connectivity index (χ3n) is 10.3. The van der Waals surface area contributed by atoms with Gasteiger partial charge in [0.2, 0.25) is 0 Å². The summed E-state index contributed by atoms with van der Waals surface area (Å²) in [5.74, 6) is 0.757. The molecule has 1 aromatic carbocycles. The number of nitrogens with zero attached hydrogens (tertiary/aromatic N) is 5. The van der Waals surface area contributed by atoms with Gasteiger partial charge < -0.3 is 19.8 Å². The molecule has 6 aromatic heterocycles. The number of hydrogen-bond acceptors (Lipinski definition) is 4. The molecule has 8 heterocycles. The van der Waals surface area contributed by atoms with Gasteiger partial charge in [0.1, 0.15) is 26.9 Å². The molecule has 0 fully saturated rings. The molecule has 9 nitrogen and oxygen atoms in total. The van der Waals surface area contributed by atoms with E-state index in [0.29, 0.717) is 13.0 Å². The minimum Gasteiger partial charge on any atom is -0.494 e. The molecule has 2 aliphatic rings. The summed E-state index contributed by atoms with van der Waals surface area (Å²) in [6.07, 6.45) is 21.4. The molecule has 3 N–H and O–H groups in total. The van der Waals surface area contributed by atoms with Crippen LogP contribution in [0.15, 0.2) is 122 Å². The van der Waals surface area contributed by atoms with Crippen molar-refractivity contribution in [3.8, 4) is 50.3 Å². The Balaban J connectivity index is 1.40. The summed E-state index contributed by atoms with van der Waals surface area (Å²) in [6, 6.07) is 29.5. The molecule has 2 aliphatic heterocycles. The molecule has 0 saturated heterocycles. The lowest BCUT2D eigenvalue weighted by Gasteiger charge is -2.08. The second-order valence-corrected chi connectivity index (χ2v) is 14.2. The molecule has 0 saturated carbocycles. The maximum atomic E-state index is 9.26. The van der Waals surface area contributed by atoms with Crippen molar-refractivity contribution >= 4 is 46.4 Å². The van der Waals surface area contributed by atoms with Crippen molar-refractivity contribution in [2.24, 2.45) is 21.1 Å². The van der Waals surface area contributed by atoms with E-state index in [-0.39, 0.29) is 6.61 Å². The van der Waals surface area contributed by atoms with E-state index in [4.69, 9.17) is 14.7 Å². The van der Waals surface area contributed by atoms with Crippen LogP contribution in [0.3, 0.4) is 0 Å². The summed E-state index contributed by atoms with van der Waals surface area (Å²) < 4.78 is 12.0. The zero-order valence-electron chi connectivity index (χ0n) is 31.6. The topological polar surface area (TPSA) is 98.5 Å². The van der Waals surface area contributed by atoms with Crippen molar-refractivity contribution in [3.05, 3.63) is 145 Å². The molecular formula is C47H42N7O2+3. The van der Waals surface area contributed by atoms with Gasteiger partial charge >= 0.3 is 0 Å². The predicted octanol–water partition coefficient (Wildman–Crippen LogP) is 7.56. The van der Waals surface area contributed by atoms with Gasteiger partial charge in [-0.25, -0.2) is 23.7 Å². The Morgan fingerprint density at radius 1 is 0.464 bits per heavy atom. The molecule has 0 amide bonds. The molecule has 274 valence electrons. The van der Waals surface area contributed by atoms with Crippen molar-refractivity contribution in [1.82, 2.24) is 19.9 Å². The van der Waals surface area contributed by atoms with E-state index in [0.717, 1.165) is 95.1 Å².